The molecule has 150 valence electrons. The van der Waals surface area contributed by atoms with E-state index in [1.54, 1.807) is 4.90 Å². The van der Waals surface area contributed by atoms with Gasteiger partial charge < -0.3 is 10.2 Å². The molecule has 0 aliphatic carbocycles. The molecule has 4 heteroatoms. The van der Waals surface area contributed by atoms with E-state index in [0.29, 0.717) is 25.9 Å². The number of benzene rings is 2. The van der Waals surface area contributed by atoms with Crippen LogP contribution in [-0.2, 0) is 22.4 Å². The molecule has 0 unspecified atom stereocenters. The van der Waals surface area contributed by atoms with Crippen molar-refractivity contribution < 1.29 is 9.59 Å². The van der Waals surface area contributed by atoms with Crippen molar-refractivity contribution in [3.05, 3.63) is 71.8 Å². The first kappa shape index (κ1) is 21.7. The summed E-state index contributed by atoms with van der Waals surface area (Å²) in [6.45, 7) is 5.26. The van der Waals surface area contributed by atoms with E-state index in [2.05, 4.69) is 24.4 Å². The summed E-state index contributed by atoms with van der Waals surface area (Å²) in [5.74, 6) is -0.0509. The van der Waals surface area contributed by atoms with Crippen molar-refractivity contribution in [2.75, 3.05) is 13.1 Å². The average Bonchev–Trinajstić information content (AvgIpc) is 2.72. The smallest absolute Gasteiger partial charge is 0.242 e. The topological polar surface area (TPSA) is 49.4 Å². The van der Waals surface area contributed by atoms with Crippen LogP contribution in [0.5, 0.6) is 0 Å². The van der Waals surface area contributed by atoms with E-state index in [1.165, 1.54) is 5.56 Å². The molecular weight excluding hydrogens is 348 g/mol. The van der Waals surface area contributed by atoms with Gasteiger partial charge in [0.15, 0.2) is 0 Å². The minimum Gasteiger partial charge on any atom is -0.354 e. The van der Waals surface area contributed by atoms with Gasteiger partial charge in [-0.25, -0.2) is 0 Å². The van der Waals surface area contributed by atoms with Crippen LogP contribution >= 0.6 is 0 Å². The first-order valence-electron chi connectivity index (χ1n) is 10.3. The number of carbonyl (C=O) groups excluding carboxylic acids is 2. The van der Waals surface area contributed by atoms with Gasteiger partial charge in [0.05, 0.1) is 6.42 Å². The first-order chi connectivity index (χ1) is 13.7. The minimum absolute atomic E-state index is 0.000349. The highest BCUT2D eigenvalue weighted by molar-refractivity contribution is 5.88. The van der Waals surface area contributed by atoms with Gasteiger partial charge in [0, 0.05) is 13.1 Å². The van der Waals surface area contributed by atoms with Crippen molar-refractivity contribution in [2.45, 2.75) is 52.0 Å². The molecule has 2 amide bonds. The van der Waals surface area contributed by atoms with Crippen LogP contribution in [0.1, 0.15) is 44.2 Å². The molecule has 2 aromatic rings. The number of hydrogen-bond donors (Lipinski definition) is 1. The molecule has 0 aliphatic heterocycles. The second kappa shape index (κ2) is 12.0. The standard InChI is InChI=1S/C24H32N2O2/c1-3-5-17-25-24(28)22(4-2)26(18-16-20-12-8-6-9-13-20)23(27)19-21-14-10-7-11-15-21/h6-15,22H,3-5,16-19H2,1-2H3,(H,25,28)/t22-/m1/s1. The Hall–Kier alpha value is -2.62. The summed E-state index contributed by atoms with van der Waals surface area (Å²) < 4.78 is 0. The Kier molecular flexibility index (Phi) is 9.26. The van der Waals surface area contributed by atoms with E-state index < -0.39 is 6.04 Å². The van der Waals surface area contributed by atoms with Gasteiger partial charge in [0.2, 0.25) is 11.8 Å². The van der Waals surface area contributed by atoms with Gasteiger partial charge >= 0.3 is 0 Å². The number of carbonyl (C=O) groups is 2. The van der Waals surface area contributed by atoms with E-state index in [9.17, 15) is 9.59 Å². The van der Waals surface area contributed by atoms with Gasteiger partial charge in [0.25, 0.3) is 0 Å². The molecule has 0 fully saturated rings. The second-order valence-electron chi connectivity index (χ2n) is 7.05. The molecule has 0 heterocycles. The Morgan fingerprint density at radius 2 is 1.54 bits per heavy atom. The molecule has 4 nitrogen and oxygen atoms in total. The van der Waals surface area contributed by atoms with Gasteiger partial charge in [-0.15, -0.1) is 0 Å². The van der Waals surface area contributed by atoms with Crippen molar-refractivity contribution >= 4 is 11.8 Å². The van der Waals surface area contributed by atoms with Crippen LogP contribution < -0.4 is 5.32 Å². The highest BCUT2D eigenvalue weighted by atomic mass is 16.2. The summed E-state index contributed by atoms with van der Waals surface area (Å²) in [6.07, 6.45) is 3.63. The van der Waals surface area contributed by atoms with Crippen LogP contribution in [-0.4, -0.2) is 35.8 Å². The van der Waals surface area contributed by atoms with Crippen molar-refractivity contribution in [2.24, 2.45) is 0 Å². The van der Waals surface area contributed by atoms with E-state index in [-0.39, 0.29) is 11.8 Å². The predicted molar refractivity (Wildman–Crippen MR) is 114 cm³/mol. The highest BCUT2D eigenvalue weighted by Gasteiger charge is 2.27. The summed E-state index contributed by atoms with van der Waals surface area (Å²) >= 11 is 0. The number of hydrogen-bond acceptors (Lipinski definition) is 2. The SMILES string of the molecule is CCCCNC(=O)[C@@H](CC)N(CCc1ccccc1)C(=O)Cc1ccccc1. The Balaban J connectivity index is 2.12. The van der Waals surface area contributed by atoms with Crippen molar-refractivity contribution in [3.63, 3.8) is 0 Å². The van der Waals surface area contributed by atoms with Crippen LogP contribution in [0.4, 0.5) is 0 Å². The lowest BCUT2D eigenvalue weighted by Gasteiger charge is -2.30. The Labute approximate surface area is 169 Å². The lowest BCUT2D eigenvalue weighted by Crippen LogP contribution is -2.50. The van der Waals surface area contributed by atoms with Gasteiger partial charge in [-0.3, -0.25) is 9.59 Å². The number of unbranched alkanes of at least 4 members (excludes halogenated alkanes) is 1. The average molecular weight is 381 g/mol. The second-order valence-corrected chi connectivity index (χ2v) is 7.05. The third-order valence-electron chi connectivity index (χ3n) is 4.90. The predicted octanol–water partition coefficient (Wildman–Crippen LogP) is 4.00. The maximum Gasteiger partial charge on any atom is 0.242 e. The molecular formula is C24H32N2O2. The molecule has 2 rings (SSSR count). The molecule has 1 N–H and O–H groups in total. The quantitative estimate of drug-likeness (QED) is 0.599. The molecule has 0 aliphatic rings. The van der Waals surface area contributed by atoms with E-state index in [1.807, 2.05) is 55.5 Å². The van der Waals surface area contributed by atoms with Crippen LogP contribution in [0.15, 0.2) is 60.7 Å². The normalized spacial score (nSPS) is 11.6. The van der Waals surface area contributed by atoms with E-state index >= 15 is 0 Å². The summed E-state index contributed by atoms with van der Waals surface area (Å²) in [6, 6.07) is 19.4. The zero-order valence-corrected chi connectivity index (χ0v) is 17.1. The van der Waals surface area contributed by atoms with Gasteiger partial charge in [-0.05, 0) is 30.4 Å². The van der Waals surface area contributed by atoms with Crippen LogP contribution in [0.3, 0.4) is 0 Å². The van der Waals surface area contributed by atoms with Crippen molar-refractivity contribution in [1.29, 1.82) is 0 Å². The molecule has 0 bridgehead atoms. The number of nitrogens with one attached hydrogen (secondary N) is 1. The highest BCUT2D eigenvalue weighted by Crippen LogP contribution is 2.12. The number of nitrogens with zero attached hydrogens (tertiary/aromatic N) is 1. The van der Waals surface area contributed by atoms with Gasteiger partial charge in [-0.1, -0.05) is 80.9 Å². The molecule has 28 heavy (non-hydrogen) atoms. The van der Waals surface area contributed by atoms with Crippen molar-refractivity contribution in [3.8, 4) is 0 Å². The lowest BCUT2D eigenvalue weighted by molar-refractivity contribution is -0.140. The summed E-state index contributed by atoms with van der Waals surface area (Å²) in [5, 5.41) is 3.00. The molecule has 0 radical (unpaired) electrons. The fraction of sp³-hybridized carbons (Fsp3) is 0.417. The third-order valence-corrected chi connectivity index (χ3v) is 4.90. The molecule has 0 saturated carbocycles. The maximum atomic E-state index is 13.1. The van der Waals surface area contributed by atoms with Gasteiger partial charge in [0.1, 0.15) is 6.04 Å². The molecule has 2 aromatic carbocycles. The molecule has 0 spiro atoms. The third kappa shape index (κ3) is 6.84. The summed E-state index contributed by atoms with van der Waals surface area (Å²) in [7, 11) is 0. The van der Waals surface area contributed by atoms with Gasteiger partial charge in [-0.2, -0.15) is 0 Å². The summed E-state index contributed by atoms with van der Waals surface area (Å²) in [5.41, 5.74) is 2.14. The minimum atomic E-state index is -0.434. The lowest BCUT2D eigenvalue weighted by atomic mass is 10.1. The van der Waals surface area contributed by atoms with Crippen LogP contribution in [0.25, 0.3) is 0 Å². The zero-order chi connectivity index (χ0) is 20.2. The maximum absolute atomic E-state index is 13.1. The number of rotatable bonds is 11. The first-order valence-corrected chi connectivity index (χ1v) is 10.3. The van der Waals surface area contributed by atoms with E-state index in [0.717, 1.165) is 24.8 Å². The van der Waals surface area contributed by atoms with Crippen LogP contribution in [0, 0.1) is 0 Å². The number of amides is 2. The molecule has 0 aromatic heterocycles. The fourth-order valence-electron chi connectivity index (χ4n) is 3.27. The fourth-order valence-corrected chi connectivity index (χ4v) is 3.27. The van der Waals surface area contributed by atoms with E-state index in [4.69, 9.17) is 0 Å². The largest absolute Gasteiger partial charge is 0.354 e. The Bertz CT molecular complexity index is 716. The molecule has 1 atom stereocenters. The molecule has 0 saturated heterocycles. The monoisotopic (exact) mass is 380 g/mol. The summed E-state index contributed by atoms with van der Waals surface area (Å²) in [4.78, 5) is 27.6. The zero-order valence-electron chi connectivity index (χ0n) is 17.1. The van der Waals surface area contributed by atoms with Crippen LogP contribution in [0.2, 0.25) is 0 Å². The Morgan fingerprint density at radius 1 is 0.929 bits per heavy atom. The Morgan fingerprint density at radius 3 is 2.11 bits per heavy atom. The van der Waals surface area contributed by atoms with Crippen molar-refractivity contribution in [1.82, 2.24) is 10.2 Å².